The third-order valence-corrected chi connectivity index (χ3v) is 4.39. The van der Waals surface area contributed by atoms with Crippen LogP contribution in [0.25, 0.3) is 0 Å². The second kappa shape index (κ2) is 7.17. The van der Waals surface area contributed by atoms with Crippen molar-refractivity contribution in [3.05, 3.63) is 46.7 Å². The fourth-order valence-corrected chi connectivity index (χ4v) is 2.90. The van der Waals surface area contributed by atoms with Crippen molar-refractivity contribution in [2.24, 2.45) is 0 Å². The molecule has 0 aliphatic heterocycles. The summed E-state index contributed by atoms with van der Waals surface area (Å²) in [6, 6.07) is 3.75. The second-order valence-electron chi connectivity index (χ2n) is 4.86. The molecule has 21 heavy (non-hydrogen) atoms. The summed E-state index contributed by atoms with van der Waals surface area (Å²) in [4.78, 5) is 22.4. The molecular weight excluding hydrogens is 284 g/mol. The molecule has 2 rings (SSSR count). The molecule has 0 saturated heterocycles. The van der Waals surface area contributed by atoms with Gasteiger partial charge >= 0.3 is 6.03 Å². The maximum Gasteiger partial charge on any atom is 0.318 e. The molecule has 2 aromatic rings. The van der Waals surface area contributed by atoms with Crippen LogP contribution in [0.1, 0.15) is 42.9 Å². The lowest BCUT2D eigenvalue weighted by molar-refractivity contribution is 0.185. The van der Waals surface area contributed by atoms with Gasteiger partial charge in [-0.1, -0.05) is 6.92 Å². The van der Waals surface area contributed by atoms with E-state index in [1.54, 1.807) is 34.8 Å². The van der Waals surface area contributed by atoms with Crippen LogP contribution >= 0.6 is 11.3 Å². The first kappa shape index (κ1) is 15.4. The Balaban J connectivity index is 2.04. The molecule has 2 unspecified atom stereocenters. The van der Waals surface area contributed by atoms with Gasteiger partial charge in [0.2, 0.25) is 0 Å². The normalized spacial score (nSPS) is 13.5. The molecule has 5 nitrogen and oxygen atoms in total. The van der Waals surface area contributed by atoms with E-state index in [1.165, 1.54) is 0 Å². The van der Waals surface area contributed by atoms with Crippen LogP contribution in [0.5, 0.6) is 0 Å². The number of rotatable bonds is 5. The summed E-state index contributed by atoms with van der Waals surface area (Å²) in [5, 5.41) is 5.81. The highest BCUT2D eigenvalue weighted by atomic mass is 32.1. The molecule has 2 aromatic heterocycles. The monoisotopic (exact) mass is 304 g/mol. The molecule has 6 heteroatoms. The van der Waals surface area contributed by atoms with Gasteiger partial charge in [-0.15, -0.1) is 11.3 Å². The second-order valence-corrected chi connectivity index (χ2v) is 5.78. The van der Waals surface area contributed by atoms with Crippen molar-refractivity contribution >= 4 is 17.4 Å². The van der Waals surface area contributed by atoms with Crippen LogP contribution in [-0.2, 0) is 0 Å². The number of hydrogen-bond donors (Lipinski definition) is 1. The Morgan fingerprint density at radius 1 is 1.38 bits per heavy atom. The number of urea groups is 1. The van der Waals surface area contributed by atoms with Gasteiger partial charge in [0.25, 0.3) is 0 Å². The lowest BCUT2D eigenvalue weighted by atomic mass is 10.1. The van der Waals surface area contributed by atoms with Gasteiger partial charge in [-0.2, -0.15) is 0 Å². The van der Waals surface area contributed by atoms with Gasteiger partial charge < -0.3 is 10.2 Å². The molecule has 0 spiro atoms. The van der Waals surface area contributed by atoms with Crippen molar-refractivity contribution in [1.29, 1.82) is 0 Å². The molecule has 0 aromatic carbocycles. The SMILES string of the molecule is CCC(c1ccncc1)N(C)C(=O)NC(C)c1nccs1. The minimum Gasteiger partial charge on any atom is -0.329 e. The van der Waals surface area contributed by atoms with Gasteiger partial charge in [0.1, 0.15) is 5.01 Å². The van der Waals surface area contributed by atoms with E-state index in [9.17, 15) is 4.79 Å². The van der Waals surface area contributed by atoms with Gasteiger partial charge in [-0.25, -0.2) is 9.78 Å². The Hall–Kier alpha value is -1.95. The van der Waals surface area contributed by atoms with Gasteiger partial charge in [0, 0.05) is 31.0 Å². The first-order chi connectivity index (χ1) is 10.1. The zero-order chi connectivity index (χ0) is 15.2. The molecule has 0 aliphatic carbocycles. The van der Waals surface area contributed by atoms with Crippen molar-refractivity contribution < 1.29 is 4.79 Å². The van der Waals surface area contributed by atoms with Crippen LogP contribution in [0, 0.1) is 0 Å². The number of carbonyl (C=O) groups is 1. The lowest BCUT2D eigenvalue weighted by Crippen LogP contribution is -2.40. The molecule has 0 radical (unpaired) electrons. The fraction of sp³-hybridized carbons (Fsp3) is 0.400. The third-order valence-electron chi connectivity index (χ3n) is 3.43. The van der Waals surface area contributed by atoms with Crippen molar-refractivity contribution in [3.63, 3.8) is 0 Å². The number of carbonyl (C=O) groups excluding carboxylic acids is 1. The van der Waals surface area contributed by atoms with Gasteiger partial charge in [-0.3, -0.25) is 4.98 Å². The van der Waals surface area contributed by atoms with Gasteiger partial charge in [-0.05, 0) is 31.0 Å². The Morgan fingerprint density at radius 2 is 2.10 bits per heavy atom. The number of nitrogens with zero attached hydrogens (tertiary/aromatic N) is 3. The van der Waals surface area contributed by atoms with Crippen LogP contribution in [0.3, 0.4) is 0 Å². The topological polar surface area (TPSA) is 58.1 Å². The molecule has 0 bridgehead atoms. The minimum absolute atomic E-state index is 0.0384. The summed E-state index contributed by atoms with van der Waals surface area (Å²) in [6.45, 7) is 4.01. The Morgan fingerprint density at radius 3 is 2.67 bits per heavy atom. The van der Waals surface area contributed by atoms with Gasteiger partial charge in [0.15, 0.2) is 0 Å². The quantitative estimate of drug-likeness (QED) is 0.921. The Bertz CT molecular complexity index is 558. The number of amides is 2. The van der Waals surface area contributed by atoms with Crippen LogP contribution < -0.4 is 5.32 Å². The molecular formula is C15H20N4OS. The lowest BCUT2D eigenvalue weighted by Gasteiger charge is -2.28. The summed E-state index contributed by atoms with van der Waals surface area (Å²) >= 11 is 1.54. The summed E-state index contributed by atoms with van der Waals surface area (Å²) in [7, 11) is 1.82. The highest BCUT2D eigenvalue weighted by molar-refractivity contribution is 7.09. The van der Waals surface area contributed by atoms with Crippen LogP contribution in [0.2, 0.25) is 0 Å². The van der Waals surface area contributed by atoms with Crippen molar-refractivity contribution in [1.82, 2.24) is 20.2 Å². The standard InChI is InChI=1S/C15H20N4OS/c1-4-13(12-5-7-16-8-6-12)19(3)15(20)18-11(2)14-17-9-10-21-14/h5-11,13H,4H2,1-3H3,(H,18,20). The number of nitrogens with one attached hydrogen (secondary N) is 1. The number of hydrogen-bond acceptors (Lipinski definition) is 4. The first-order valence-electron chi connectivity index (χ1n) is 6.96. The summed E-state index contributed by atoms with van der Waals surface area (Å²) in [5.41, 5.74) is 1.09. The molecule has 112 valence electrons. The van der Waals surface area contributed by atoms with E-state index >= 15 is 0 Å². The molecule has 2 atom stereocenters. The maximum absolute atomic E-state index is 12.4. The number of aromatic nitrogens is 2. The zero-order valence-electron chi connectivity index (χ0n) is 12.5. The highest BCUT2D eigenvalue weighted by Crippen LogP contribution is 2.23. The largest absolute Gasteiger partial charge is 0.329 e. The van der Waals surface area contributed by atoms with Gasteiger partial charge in [0.05, 0.1) is 12.1 Å². The summed E-state index contributed by atoms with van der Waals surface area (Å²) in [6.07, 6.45) is 6.10. The van der Waals surface area contributed by atoms with E-state index in [1.807, 2.05) is 31.5 Å². The summed E-state index contributed by atoms with van der Waals surface area (Å²) < 4.78 is 0. The zero-order valence-corrected chi connectivity index (χ0v) is 13.3. The van der Waals surface area contributed by atoms with Crippen LogP contribution in [0.15, 0.2) is 36.1 Å². The van der Waals surface area contributed by atoms with Crippen molar-refractivity contribution in [2.45, 2.75) is 32.4 Å². The van der Waals surface area contributed by atoms with E-state index in [2.05, 4.69) is 22.2 Å². The average molecular weight is 304 g/mol. The number of pyridine rings is 1. The molecule has 0 saturated carbocycles. The smallest absolute Gasteiger partial charge is 0.318 e. The fourth-order valence-electron chi connectivity index (χ4n) is 2.26. The Labute approximate surface area is 129 Å². The molecule has 0 fully saturated rings. The molecule has 2 amide bonds. The van der Waals surface area contributed by atoms with E-state index in [0.29, 0.717) is 0 Å². The van der Waals surface area contributed by atoms with Crippen molar-refractivity contribution in [3.8, 4) is 0 Å². The van der Waals surface area contributed by atoms with Crippen LogP contribution in [-0.4, -0.2) is 27.9 Å². The van der Waals surface area contributed by atoms with Crippen LogP contribution in [0.4, 0.5) is 4.79 Å². The molecule has 1 N–H and O–H groups in total. The first-order valence-corrected chi connectivity index (χ1v) is 7.84. The maximum atomic E-state index is 12.4. The van der Waals surface area contributed by atoms with E-state index in [4.69, 9.17) is 0 Å². The summed E-state index contributed by atoms with van der Waals surface area (Å²) in [5.74, 6) is 0. The number of thiazole rings is 1. The van der Waals surface area contributed by atoms with E-state index in [-0.39, 0.29) is 18.1 Å². The Kier molecular flexibility index (Phi) is 5.27. The van der Waals surface area contributed by atoms with Crippen molar-refractivity contribution in [2.75, 3.05) is 7.05 Å². The predicted octanol–water partition coefficient (Wildman–Crippen LogP) is 3.39. The third kappa shape index (κ3) is 3.78. The van der Waals surface area contributed by atoms with E-state index < -0.39 is 0 Å². The molecule has 0 aliphatic rings. The minimum atomic E-state index is -0.0960. The average Bonchev–Trinajstić information content (AvgIpc) is 3.03. The molecule has 2 heterocycles. The highest BCUT2D eigenvalue weighted by Gasteiger charge is 2.22. The predicted molar refractivity (Wildman–Crippen MR) is 84.1 cm³/mol. The van der Waals surface area contributed by atoms with E-state index in [0.717, 1.165) is 17.0 Å².